The van der Waals surface area contributed by atoms with Crippen molar-refractivity contribution in [3.63, 3.8) is 0 Å². The molecule has 0 N–H and O–H groups in total. The minimum atomic E-state index is -4.02. The quantitative estimate of drug-likeness (QED) is 0.865. The molecule has 1 heterocycles. The van der Waals surface area contributed by atoms with Crippen LogP contribution >= 0.6 is 0 Å². The fourth-order valence-electron chi connectivity index (χ4n) is 1.79. The Morgan fingerprint density at radius 1 is 1.33 bits per heavy atom. The fraction of sp³-hybridized carbons (Fsp3) is 0.143. The van der Waals surface area contributed by atoms with E-state index >= 15 is 0 Å². The zero-order chi connectivity index (χ0) is 15.5. The lowest BCUT2D eigenvalue weighted by Crippen LogP contribution is -2.28. The summed E-state index contributed by atoms with van der Waals surface area (Å²) in [5.41, 5.74) is 1.07. The third-order valence-electron chi connectivity index (χ3n) is 2.84. The van der Waals surface area contributed by atoms with Crippen molar-refractivity contribution >= 4 is 10.0 Å². The minimum Gasteiger partial charge on any atom is -0.241 e. The number of nitrogens with zero attached hydrogens (tertiary/aromatic N) is 3. The van der Waals surface area contributed by atoms with Gasteiger partial charge >= 0.3 is 0 Å². The topological polar surface area (TPSA) is 74.1 Å². The normalized spacial score (nSPS) is 11.3. The first-order valence-electron chi connectivity index (χ1n) is 6.01. The predicted molar refractivity (Wildman–Crippen MR) is 74.0 cm³/mol. The predicted octanol–water partition coefficient (Wildman–Crippen LogP) is 1.91. The van der Waals surface area contributed by atoms with Gasteiger partial charge in [0.25, 0.3) is 10.0 Å². The number of benzene rings is 1. The summed E-state index contributed by atoms with van der Waals surface area (Å²) in [4.78, 5) is 3.59. The van der Waals surface area contributed by atoms with Gasteiger partial charge in [-0.05, 0) is 29.8 Å². The van der Waals surface area contributed by atoms with Gasteiger partial charge in [-0.2, -0.15) is 9.57 Å². The number of halogens is 1. The summed E-state index contributed by atoms with van der Waals surface area (Å²) in [6.07, 6.45) is 1.22. The van der Waals surface area contributed by atoms with Gasteiger partial charge < -0.3 is 0 Å². The van der Waals surface area contributed by atoms with Crippen LogP contribution in [0.3, 0.4) is 0 Å². The van der Waals surface area contributed by atoms with Gasteiger partial charge in [-0.15, -0.1) is 0 Å². The van der Waals surface area contributed by atoms with E-state index in [9.17, 15) is 12.8 Å². The van der Waals surface area contributed by atoms with Crippen LogP contribution in [0.1, 0.15) is 11.1 Å². The van der Waals surface area contributed by atoms with Crippen molar-refractivity contribution in [3.8, 4) is 6.07 Å². The summed E-state index contributed by atoms with van der Waals surface area (Å²) in [5.74, 6) is -0.893. The standard InChI is InChI=1S/C14H12FN3O2S/c1-18(10-12-5-2-4-11(8-12)9-16)21(19,20)14-13(15)6-3-7-17-14/h2-8H,10H2,1H3. The van der Waals surface area contributed by atoms with Gasteiger partial charge in [-0.3, -0.25) is 0 Å². The van der Waals surface area contributed by atoms with E-state index in [2.05, 4.69) is 4.98 Å². The summed E-state index contributed by atoms with van der Waals surface area (Å²) in [7, 11) is -2.69. The lowest BCUT2D eigenvalue weighted by Gasteiger charge is -2.17. The third kappa shape index (κ3) is 3.24. The van der Waals surface area contributed by atoms with Crippen LogP contribution < -0.4 is 0 Å². The van der Waals surface area contributed by atoms with E-state index < -0.39 is 20.9 Å². The molecule has 0 saturated carbocycles. The molecule has 5 nitrogen and oxygen atoms in total. The van der Waals surface area contributed by atoms with Gasteiger partial charge in [-0.1, -0.05) is 12.1 Å². The number of hydrogen-bond donors (Lipinski definition) is 0. The van der Waals surface area contributed by atoms with E-state index in [0.717, 1.165) is 10.4 Å². The molecule has 0 atom stereocenters. The molecule has 0 aliphatic heterocycles. The molecule has 2 aromatic rings. The monoisotopic (exact) mass is 305 g/mol. The molecule has 0 spiro atoms. The van der Waals surface area contributed by atoms with Crippen LogP contribution in [0.15, 0.2) is 47.6 Å². The molecule has 108 valence electrons. The van der Waals surface area contributed by atoms with Crippen LogP contribution in [0.4, 0.5) is 4.39 Å². The van der Waals surface area contributed by atoms with Gasteiger partial charge in [0.2, 0.25) is 5.03 Å². The zero-order valence-corrected chi connectivity index (χ0v) is 12.0. The Morgan fingerprint density at radius 3 is 2.76 bits per heavy atom. The first-order valence-corrected chi connectivity index (χ1v) is 7.45. The van der Waals surface area contributed by atoms with E-state index in [1.807, 2.05) is 6.07 Å². The molecule has 0 unspecified atom stereocenters. The minimum absolute atomic E-state index is 0.0217. The molecule has 1 aromatic heterocycles. The molecule has 7 heteroatoms. The van der Waals surface area contributed by atoms with Crippen LogP contribution in [-0.4, -0.2) is 24.8 Å². The van der Waals surface area contributed by atoms with Crippen molar-refractivity contribution in [1.29, 1.82) is 5.26 Å². The molecule has 0 aliphatic rings. The van der Waals surface area contributed by atoms with Gasteiger partial charge in [0.05, 0.1) is 11.6 Å². The molecule has 0 aliphatic carbocycles. The van der Waals surface area contributed by atoms with Gasteiger partial charge in [-0.25, -0.2) is 17.8 Å². The first kappa shape index (κ1) is 15.1. The smallest absolute Gasteiger partial charge is 0.241 e. The molecular weight excluding hydrogens is 293 g/mol. The Kier molecular flexibility index (Phi) is 4.31. The Balaban J connectivity index is 2.29. The molecule has 0 saturated heterocycles. The van der Waals surface area contributed by atoms with Crippen molar-refractivity contribution in [2.24, 2.45) is 0 Å². The highest BCUT2D eigenvalue weighted by molar-refractivity contribution is 7.89. The van der Waals surface area contributed by atoms with Crippen molar-refractivity contribution < 1.29 is 12.8 Å². The van der Waals surface area contributed by atoms with Gasteiger partial charge in [0.15, 0.2) is 5.82 Å². The summed E-state index contributed by atoms with van der Waals surface area (Å²) < 4.78 is 39.1. The van der Waals surface area contributed by atoms with Crippen molar-refractivity contribution in [3.05, 3.63) is 59.5 Å². The van der Waals surface area contributed by atoms with Crippen LogP contribution in [0, 0.1) is 17.1 Å². The third-order valence-corrected chi connectivity index (χ3v) is 4.58. The Labute approximate surface area is 122 Å². The SMILES string of the molecule is CN(Cc1cccc(C#N)c1)S(=O)(=O)c1ncccc1F. The average Bonchev–Trinajstić information content (AvgIpc) is 2.47. The fourth-order valence-corrected chi connectivity index (χ4v) is 2.91. The number of sulfonamides is 1. The number of nitriles is 1. The highest BCUT2D eigenvalue weighted by Crippen LogP contribution is 2.17. The van der Waals surface area contributed by atoms with E-state index in [1.165, 1.54) is 19.3 Å². The first-order chi connectivity index (χ1) is 9.95. The Morgan fingerprint density at radius 2 is 2.10 bits per heavy atom. The Hall–Kier alpha value is -2.30. The maximum absolute atomic E-state index is 13.6. The lowest BCUT2D eigenvalue weighted by atomic mass is 10.1. The number of aromatic nitrogens is 1. The molecule has 0 amide bonds. The van der Waals surface area contributed by atoms with Crippen molar-refractivity contribution in [2.45, 2.75) is 11.6 Å². The number of hydrogen-bond acceptors (Lipinski definition) is 4. The zero-order valence-electron chi connectivity index (χ0n) is 11.2. The maximum Gasteiger partial charge on any atom is 0.263 e. The molecule has 2 rings (SSSR count). The van der Waals surface area contributed by atoms with Gasteiger partial charge in [0.1, 0.15) is 0 Å². The number of pyridine rings is 1. The average molecular weight is 305 g/mol. The van der Waals surface area contributed by atoms with E-state index in [-0.39, 0.29) is 6.54 Å². The summed E-state index contributed by atoms with van der Waals surface area (Å²) in [6.45, 7) is 0.0217. The van der Waals surface area contributed by atoms with Gasteiger partial charge in [0, 0.05) is 19.8 Å². The molecule has 0 bridgehead atoms. The maximum atomic E-state index is 13.6. The van der Waals surface area contributed by atoms with E-state index in [0.29, 0.717) is 11.1 Å². The van der Waals surface area contributed by atoms with Crippen LogP contribution in [-0.2, 0) is 16.6 Å². The summed E-state index contributed by atoms with van der Waals surface area (Å²) in [6, 6.07) is 10.9. The largest absolute Gasteiger partial charge is 0.263 e. The number of rotatable bonds is 4. The van der Waals surface area contributed by atoms with Crippen molar-refractivity contribution in [2.75, 3.05) is 7.05 Å². The second kappa shape index (κ2) is 5.99. The molecule has 0 fully saturated rings. The summed E-state index contributed by atoms with van der Waals surface area (Å²) in [5, 5.41) is 8.22. The second-order valence-corrected chi connectivity index (χ2v) is 6.32. The molecule has 0 radical (unpaired) electrons. The Bertz CT molecular complexity index is 800. The van der Waals surface area contributed by atoms with Crippen LogP contribution in [0.2, 0.25) is 0 Å². The molecule has 1 aromatic carbocycles. The van der Waals surface area contributed by atoms with Crippen LogP contribution in [0.5, 0.6) is 0 Å². The summed E-state index contributed by atoms with van der Waals surface area (Å²) >= 11 is 0. The highest BCUT2D eigenvalue weighted by atomic mass is 32.2. The molecule has 21 heavy (non-hydrogen) atoms. The van der Waals surface area contributed by atoms with Crippen molar-refractivity contribution in [1.82, 2.24) is 9.29 Å². The molecular formula is C14H12FN3O2S. The second-order valence-electron chi connectivity index (χ2n) is 4.36. The van der Waals surface area contributed by atoms with E-state index in [1.54, 1.807) is 24.3 Å². The van der Waals surface area contributed by atoms with Crippen LogP contribution in [0.25, 0.3) is 0 Å². The lowest BCUT2D eigenvalue weighted by molar-refractivity contribution is 0.454. The highest BCUT2D eigenvalue weighted by Gasteiger charge is 2.25. The van der Waals surface area contributed by atoms with E-state index in [4.69, 9.17) is 5.26 Å².